The molecule has 0 unspecified atom stereocenters. The van der Waals surface area contributed by atoms with Crippen molar-refractivity contribution in [1.29, 1.82) is 0 Å². The molecule has 0 saturated carbocycles. The molecule has 122 valence electrons. The highest BCUT2D eigenvalue weighted by Gasteiger charge is 2.31. The van der Waals surface area contributed by atoms with E-state index in [2.05, 4.69) is 26.3 Å². The zero-order valence-corrected chi connectivity index (χ0v) is 14.4. The Morgan fingerprint density at radius 3 is 2.96 bits per heavy atom. The van der Waals surface area contributed by atoms with Gasteiger partial charge in [0.1, 0.15) is 16.0 Å². The van der Waals surface area contributed by atoms with Crippen LogP contribution in [0.25, 0.3) is 0 Å². The SMILES string of the molecule is CCOC(=O)c1c(Br)nn2c1NC[C@H]2COCc1ccccc1. The highest BCUT2D eigenvalue weighted by Crippen LogP contribution is 2.32. The number of hydrogen-bond acceptors (Lipinski definition) is 5. The van der Waals surface area contributed by atoms with Gasteiger partial charge in [-0.25, -0.2) is 9.48 Å². The Kier molecular flexibility index (Phi) is 4.97. The fourth-order valence-corrected chi connectivity index (χ4v) is 3.06. The predicted molar refractivity (Wildman–Crippen MR) is 89.5 cm³/mol. The zero-order valence-electron chi connectivity index (χ0n) is 12.8. The zero-order chi connectivity index (χ0) is 16.2. The minimum Gasteiger partial charge on any atom is -0.462 e. The number of nitrogens with one attached hydrogen (secondary N) is 1. The van der Waals surface area contributed by atoms with Crippen LogP contribution in [0.3, 0.4) is 0 Å². The molecule has 1 aliphatic rings. The van der Waals surface area contributed by atoms with Gasteiger partial charge in [-0.05, 0) is 28.4 Å². The molecular weight excluding hydrogens is 362 g/mol. The quantitative estimate of drug-likeness (QED) is 0.781. The molecule has 0 amide bonds. The van der Waals surface area contributed by atoms with Crippen molar-refractivity contribution < 1.29 is 14.3 Å². The summed E-state index contributed by atoms with van der Waals surface area (Å²) in [5.74, 6) is 0.308. The molecule has 0 radical (unpaired) electrons. The highest BCUT2D eigenvalue weighted by molar-refractivity contribution is 9.10. The van der Waals surface area contributed by atoms with Crippen molar-refractivity contribution in [2.75, 3.05) is 25.1 Å². The molecule has 1 atom stereocenters. The number of anilines is 1. The van der Waals surface area contributed by atoms with Crippen LogP contribution in [0.15, 0.2) is 34.9 Å². The second-order valence-corrected chi connectivity index (χ2v) is 5.97. The monoisotopic (exact) mass is 379 g/mol. The van der Waals surface area contributed by atoms with Crippen LogP contribution in [-0.4, -0.2) is 35.5 Å². The lowest BCUT2D eigenvalue weighted by molar-refractivity contribution is 0.0526. The average molecular weight is 380 g/mol. The summed E-state index contributed by atoms with van der Waals surface area (Å²) in [7, 11) is 0. The average Bonchev–Trinajstić information content (AvgIpc) is 3.07. The van der Waals surface area contributed by atoms with Crippen LogP contribution in [0.5, 0.6) is 0 Å². The van der Waals surface area contributed by atoms with E-state index in [-0.39, 0.29) is 12.0 Å². The summed E-state index contributed by atoms with van der Waals surface area (Å²) in [4.78, 5) is 12.0. The maximum absolute atomic E-state index is 12.0. The number of esters is 1. The van der Waals surface area contributed by atoms with Gasteiger partial charge < -0.3 is 14.8 Å². The van der Waals surface area contributed by atoms with Crippen molar-refractivity contribution >= 4 is 27.7 Å². The summed E-state index contributed by atoms with van der Waals surface area (Å²) in [6.07, 6.45) is 0. The lowest BCUT2D eigenvalue weighted by Gasteiger charge is -2.11. The van der Waals surface area contributed by atoms with Crippen molar-refractivity contribution in [3.63, 3.8) is 0 Å². The molecule has 0 bridgehead atoms. The van der Waals surface area contributed by atoms with Crippen molar-refractivity contribution in [3.8, 4) is 0 Å². The first-order valence-electron chi connectivity index (χ1n) is 7.51. The number of carbonyl (C=O) groups excluding carboxylic acids is 1. The first-order valence-corrected chi connectivity index (χ1v) is 8.30. The van der Waals surface area contributed by atoms with Crippen LogP contribution < -0.4 is 5.32 Å². The van der Waals surface area contributed by atoms with E-state index in [1.165, 1.54) is 0 Å². The molecule has 23 heavy (non-hydrogen) atoms. The van der Waals surface area contributed by atoms with Gasteiger partial charge in [0, 0.05) is 6.54 Å². The molecule has 2 aromatic rings. The summed E-state index contributed by atoms with van der Waals surface area (Å²) in [5.41, 5.74) is 1.57. The van der Waals surface area contributed by atoms with Crippen molar-refractivity contribution in [2.45, 2.75) is 19.6 Å². The molecular formula is C16H18BrN3O3. The standard InChI is InChI=1S/C16H18BrN3O3/c1-2-23-16(21)13-14(17)19-20-12(8-18-15(13)20)10-22-9-11-6-4-3-5-7-11/h3-7,12,18H,2,8-10H2,1H3/t12-/m0/s1. The summed E-state index contributed by atoms with van der Waals surface area (Å²) in [6, 6.07) is 10.1. The van der Waals surface area contributed by atoms with Crippen LogP contribution >= 0.6 is 15.9 Å². The Morgan fingerprint density at radius 1 is 1.43 bits per heavy atom. The number of halogens is 1. The van der Waals surface area contributed by atoms with Crippen LogP contribution in [0, 0.1) is 0 Å². The number of ether oxygens (including phenoxy) is 2. The first-order chi connectivity index (χ1) is 11.2. The summed E-state index contributed by atoms with van der Waals surface area (Å²) >= 11 is 3.33. The smallest absolute Gasteiger partial charge is 0.344 e. The fourth-order valence-electron chi connectivity index (χ4n) is 2.54. The van der Waals surface area contributed by atoms with Gasteiger partial charge in [0.2, 0.25) is 0 Å². The minimum atomic E-state index is -0.376. The Labute approximate surface area is 142 Å². The second-order valence-electron chi connectivity index (χ2n) is 5.21. The molecule has 1 aromatic heterocycles. The van der Waals surface area contributed by atoms with Gasteiger partial charge >= 0.3 is 5.97 Å². The Morgan fingerprint density at radius 2 is 2.22 bits per heavy atom. The van der Waals surface area contributed by atoms with Gasteiger partial charge in [-0.3, -0.25) is 0 Å². The van der Waals surface area contributed by atoms with E-state index >= 15 is 0 Å². The van der Waals surface area contributed by atoms with Crippen LogP contribution in [0.4, 0.5) is 5.82 Å². The van der Waals surface area contributed by atoms with Crippen LogP contribution in [-0.2, 0) is 16.1 Å². The number of hydrogen-bond donors (Lipinski definition) is 1. The van der Waals surface area contributed by atoms with E-state index in [1.807, 2.05) is 30.3 Å². The molecule has 2 heterocycles. The summed E-state index contributed by atoms with van der Waals surface area (Å²) < 4.78 is 13.1. The van der Waals surface area contributed by atoms with E-state index in [9.17, 15) is 4.79 Å². The van der Waals surface area contributed by atoms with Gasteiger partial charge in [-0.15, -0.1) is 0 Å². The van der Waals surface area contributed by atoms with Gasteiger partial charge in [-0.1, -0.05) is 30.3 Å². The topological polar surface area (TPSA) is 65.4 Å². The number of rotatable bonds is 6. The van der Waals surface area contributed by atoms with E-state index in [0.29, 0.717) is 42.3 Å². The van der Waals surface area contributed by atoms with Crippen molar-refractivity contribution in [2.24, 2.45) is 0 Å². The van der Waals surface area contributed by atoms with Crippen LogP contribution in [0.2, 0.25) is 0 Å². The molecule has 1 aliphatic heterocycles. The Balaban J connectivity index is 1.65. The Bertz CT molecular complexity index is 687. The number of nitrogens with zero attached hydrogens (tertiary/aromatic N) is 2. The molecule has 0 fully saturated rings. The van der Waals surface area contributed by atoms with E-state index in [4.69, 9.17) is 9.47 Å². The third-order valence-corrected chi connectivity index (χ3v) is 4.18. The van der Waals surface area contributed by atoms with E-state index in [1.54, 1.807) is 11.6 Å². The van der Waals surface area contributed by atoms with Crippen molar-refractivity contribution in [1.82, 2.24) is 9.78 Å². The highest BCUT2D eigenvalue weighted by atomic mass is 79.9. The van der Waals surface area contributed by atoms with Crippen LogP contribution in [0.1, 0.15) is 28.9 Å². The lowest BCUT2D eigenvalue weighted by Crippen LogP contribution is -2.16. The van der Waals surface area contributed by atoms with Gasteiger partial charge in [0.05, 0.1) is 25.9 Å². The number of benzene rings is 1. The molecule has 3 rings (SSSR count). The van der Waals surface area contributed by atoms with Gasteiger partial charge in [0.25, 0.3) is 0 Å². The minimum absolute atomic E-state index is 0.0492. The summed E-state index contributed by atoms with van der Waals surface area (Å²) in [5, 5.41) is 7.61. The molecule has 7 heteroatoms. The molecule has 1 aromatic carbocycles. The molecule has 0 aliphatic carbocycles. The lowest BCUT2D eigenvalue weighted by atomic mass is 10.2. The van der Waals surface area contributed by atoms with E-state index in [0.717, 1.165) is 5.56 Å². The summed E-state index contributed by atoms with van der Waals surface area (Å²) in [6.45, 7) is 3.87. The van der Waals surface area contributed by atoms with E-state index < -0.39 is 0 Å². The largest absolute Gasteiger partial charge is 0.462 e. The third kappa shape index (κ3) is 3.40. The Hall–Kier alpha value is -1.86. The molecule has 6 nitrogen and oxygen atoms in total. The second kappa shape index (κ2) is 7.14. The van der Waals surface area contributed by atoms with Gasteiger partial charge in [0.15, 0.2) is 0 Å². The number of aromatic nitrogens is 2. The fraction of sp³-hybridized carbons (Fsp3) is 0.375. The van der Waals surface area contributed by atoms with Gasteiger partial charge in [-0.2, -0.15) is 5.10 Å². The predicted octanol–water partition coefficient (Wildman–Crippen LogP) is 3.01. The molecule has 1 N–H and O–H groups in total. The maximum Gasteiger partial charge on any atom is 0.344 e. The normalized spacial score (nSPS) is 16.0. The number of carbonyl (C=O) groups is 1. The third-order valence-electron chi connectivity index (χ3n) is 3.62. The molecule has 0 saturated heterocycles. The first kappa shape index (κ1) is 16.0. The maximum atomic E-state index is 12.0. The van der Waals surface area contributed by atoms with Crippen molar-refractivity contribution in [3.05, 3.63) is 46.1 Å². The number of fused-ring (bicyclic) bond motifs is 1. The molecule has 0 spiro atoms.